The fourth-order valence-corrected chi connectivity index (χ4v) is 2.23. The smallest absolute Gasteiger partial charge is 0.109 e. The highest BCUT2D eigenvalue weighted by Gasteiger charge is 2.51. The van der Waals surface area contributed by atoms with E-state index < -0.39 is 0 Å². The average Bonchev–Trinajstić information content (AvgIpc) is 2.44. The van der Waals surface area contributed by atoms with E-state index in [1.165, 1.54) is 6.42 Å². The second kappa shape index (κ2) is 3.59. The maximum absolute atomic E-state index is 6.21. The Hall–Kier alpha value is 0.980. The summed E-state index contributed by atoms with van der Waals surface area (Å²) >= 11 is 8.13. The third kappa shape index (κ3) is 1.98. The first kappa shape index (κ1) is 9.07. The zero-order valence-electron chi connectivity index (χ0n) is 6.07. The van der Waals surface area contributed by atoms with Crippen LogP contribution in [-0.4, -0.2) is 11.5 Å². The molecule has 1 rings (SSSR count). The standard InChI is InChI=1S/C7H12ClIO/c1-2-3-7(8)4-6(7)5-10-9/h6H,2-5H2,1H3. The van der Waals surface area contributed by atoms with Gasteiger partial charge in [-0.1, -0.05) is 13.3 Å². The van der Waals surface area contributed by atoms with Crippen molar-refractivity contribution >= 4 is 34.6 Å². The van der Waals surface area contributed by atoms with Crippen LogP contribution in [0.2, 0.25) is 0 Å². The summed E-state index contributed by atoms with van der Waals surface area (Å²) in [4.78, 5) is 0.111. The highest BCUT2D eigenvalue weighted by Crippen LogP contribution is 2.52. The summed E-state index contributed by atoms with van der Waals surface area (Å²) in [6, 6.07) is 0. The van der Waals surface area contributed by atoms with E-state index in [-0.39, 0.29) is 4.87 Å². The summed E-state index contributed by atoms with van der Waals surface area (Å²) in [5.74, 6) is 0.617. The van der Waals surface area contributed by atoms with Crippen molar-refractivity contribution in [2.75, 3.05) is 6.61 Å². The summed E-state index contributed by atoms with van der Waals surface area (Å²) < 4.78 is 4.99. The van der Waals surface area contributed by atoms with Gasteiger partial charge in [-0.05, 0) is 12.8 Å². The Bertz CT molecular complexity index is 120. The first-order valence-electron chi connectivity index (χ1n) is 3.65. The van der Waals surface area contributed by atoms with Crippen molar-refractivity contribution in [3.05, 3.63) is 0 Å². The first-order valence-corrected chi connectivity index (χ1v) is 4.91. The maximum atomic E-state index is 6.21. The van der Waals surface area contributed by atoms with Gasteiger partial charge in [0.25, 0.3) is 0 Å². The molecular weight excluding hydrogens is 262 g/mol. The molecule has 0 aromatic heterocycles. The molecule has 0 aliphatic heterocycles. The SMILES string of the molecule is CCCC1(Cl)CC1COI. The average molecular weight is 275 g/mol. The van der Waals surface area contributed by atoms with Gasteiger partial charge in [0.15, 0.2) is 0 Å². The molecule has 1 nitrogen and oxygen atoms in total. The quantitative estimate of drug-likeness (QED) is 0.565. The van der Waals surface area contributed by atoms with E-state index in [1.807, 2.05) is 23.0 Å². The largest absolute Gasteiger partial charge is 0.315 e. The van der Waals surface area contributed by atoms with Gasteiger partial charge in [-0.2, -0.15) is 0 Å². The van der Waals surface area contributed by atoms with Gasteiger partial charge in [0.05, 0.1) is 11.5 Å². The van der Waals surface area contributed by atoms with Gasteiger partial charge in [0, 0.05) is 5.92 Å². The molecule has 1 aliphatic rings. The van der Waals surface area contributed by atoms with E-state index in [2.05, 4.69) is 6.92 Å². The molecule has 0 aromatic carbocycles. The van der Waals surface area contributed by atoms with Gasteiger partial charge in [-0.25, -0.2) is 0 Å². The van der Waals surface area contributed by atoms with Crippen LogP contribution >= 0.6 is 34.6 Å². The van der Waals surface area contributed by atoms with Crippen LogP contribution in [0.15, 0.2) is 0 Å². The van der Waals surface area contributed by atoms with Crippen LogP contribution in [0.3, 0.4) is 0 Å². The lowest BCUT2D eigenvalue weighted by molar-refractivity contribution is 0.387. The van der Waals surface area contributed by atoms with Crippen molar-refractivity contribution in [3.63, 3.8) is 0 Å². The maximum Gasteiger partial charge on any atom is 0.109 e. The number of rotatable bonds is 4. The Morgan fingerprint density at radius 2 is 2.50 bits per heavy atom. The van der Waals surface area contributed by atoms with Crippen LogP contribution in [0, 0.1) is 5.92 Å². The highest BCUT2D eigenvalue weighted by molar-refractivity contribution is 14.1. The number of hydrogen-bond acceptors (Lipinski definition) is 1. The molecule has 0 saturated heterocycles. The molecule has 60 valence electrons. The minimum atomic E-state index is 0.111. The van der Waals surface area contributed by atoms with E-state index in [0.29, 0.717) is 5.92 Å². The van der Waals surface area contributed by atoms with Gasteiger partial charge in [0.1, 0.15) is 23.0 Å². The molecule has 0 N–H and O–H groups in total. The number of hydrogen-bond donors (Lipinski definition) is 0. The van der Waals surface area contributed by atoms with Crippen molar-refractivity contribution in [1.82, 2.24) is 0 Å². The molecule has 1 fully saturated rings. The highest BCUT2D eigenvalue weighted by atomic mass is 127. The van der Waals surface area contributed by atoms with Crippen LogP contribution in [0.4, 0.5) is 0 Å². The van der Waals surface area contributed by atoms with Gasteiger partial charge in [-0.3, -0.25) is 0 Å². The van der Waals surface area contributed by atoms with Gasteiger partial charge >= 0.3 is 0 Å². The molecule has 0 bridgehead atoms. The Labute approximate surface area is 81.2 Å². The normalized spacial score (nSPS) is 38.1. The van der Waals surface area contributed by atoms with Crippen molar-refractivity contribution in [2.24, 2.45) is 5.92 Å². The van der Waals surface area contributed by atoms with E-state index in [0.717, 1.165) is 19.4 Å². The Morgan fingerprint density at radius 3 is 3.00 bits per heavy atom. The molecule has 0 aromatic rings. The second-order valence-electron chi connectivity index (χ2n) is 2.96. The topological polar surface area (TPSA) is 9.23 Å². The van der Waals surface area contributed by atoms with Crippen LogP contribution in [0.5, 0.6) is 0 Å². The van der Waals surface area contributed by atoms with Crippen molar-refractivity contribution < 1.29 is 3.07 Å². The van der Waals surface area contributed by atoms with Gasteiger partial charge < -0.3 is 3.07 Å². The lowest BCUT2D eigenvalue weighted by Crippen LogP contribution is -2.04. The molecule has 3 heteroatoms. The number of halogens is 2. The summed E-state index contributed by atoms with van der Waals surface area (Å²) in [5, 5.41) is 0. The first-order chi connectivity index (χ1) is 4.73. The van der Waals surface area contributed by atoms with E-state index >= 15 is 0 Å². The molecule has 1 aliphatic carbocycles. The van der Waals surface area contributed by atoms with Crippen LogP contribution in [0.1, 0.15) is 26.2 Å². The Morgan fingerprint density at radius 1 is 1.80 bits per heavy atom. The van der Waals surface area contributed by atoms with E-state index in [4.69, 9.17) is 14.7 Å². The van der Waals surface area contributed by atoms with Crippen molar-refractivity contribution in [1.29, 1.82) is 0 Å². The minimum absolute atomic E-state index is 0.111. The zero-order valence-corrected chi connectivity index (χ0v) is 8.98. The summed E-state index contributed by atoms with van der Waals surface area (Å²) in [6.45, 7) is 2.99. The summed E-state index contributed by atoms with van der Waals surface area (Å²) in [5.41, 5.74) is 0. The summed E-state index contributed by atoms with van der Waals surface area (Å²) in [6.07, 6.45) is 3.46. The van der Waals surface area contributed by atoms with Crippen LogP contribution in [-0.2, 0) is 3.07 Å². The molecule has 2 unspecified atom stereocenters. The minimum Gasteiger partial charge on any atom is -0.315 e. The molecule has 10 heavy (non-hydrogen) atoms. The van der Waals surface area contributed by atoms with E-state index in [9.17, 15) is 0 Å². The predicted molar refractivity (Wildman–Crippen MR) is 51.6 cm³/mol. The molecule has 0 radical (unpaired) electrons. The zero-order chi connectivity index (χ0) is 7.61. The van der Waals surface area contributed by atoms with Crippen LogP contribution < -0.4 is 0 Å². The fraction of sp³-hybridized carbons (Fsp3) is 1.00. The predicted octanol–water partition coefficient (Wildman–Crippen LogP) is 3.15. The lowest BCUT2D eigenvalue weighted by atomic mass is 10.2. The third-order valence-electron chi connectivity index (χ3n) is 2.09. The van der Waals surface area contributed by atoms with E-state index in [1.54, 1.807) is 0 Å². The molecular formula is C7H12ClIO. The molecule has 1 saturated carbocycles. The molecule has 0 heterocycles. The van der Waals surface area contributed by atoms with Crippen molar-refractivity contribution in [2.45, 2.75) is 31.1 Å². The second-order valence-corrected chi connectivity index (χ2v) is 4.34. The monoisotopic (exact) mass is 274 g/mol. The van der Waals surface area contributed by atoms with Crippen LogP contribution in [0.25, 0.3) is 0 Å². The Kier molecular flexibility index (Phi) is 3.25. The third-order valence-corrected chi connectivity index (χ3v) is 3.10. The number of alkyl halides is 1. The van der Waals surface area contributed by atoms with Crippen molar-refractivity contribution in [3.8, 4) is 0 Å². The fourth-order valence-electron chi connectivity index (χ4n) is 1.36. The molecule has 0 spiro atoms. The van der Waals surface area contributed by atoms with Gasteiger partial charge in [0.2, 0.25) is 0 Å². The molecule has 0 amide bonds. The lowest BCUT2D eigenvalue weighted by Gasteiger charge is -2.04. The van der Waals surface area contributed by atoms with Gasteiger partial charge in [-0.15, -0.1) is 11.6 Å². The summed E-state index contributed by atoms with van der Waals surface area (Å²) in [7, 11) is 0. The molecule has 2 atom stereocenters. The Balaban J connectivity index is 2.19.